The van der Waals surface area contributed by atoms with Crippen molar-refractivity contribution < 1.29 is 9.31 Å². The Morgan fingerprint density at radius 3 is 2.62 bits per heavy atom. The molecule has 0 aliphatic rings. The van der Waals surface area contributed by atoms with Crippen LogP contribution in [-0.2, 0) is 6.42 Å². The SMILES string of the molecule is CNC(Cc1ccccc1[N+](=O)[O-])c1ccc(F)cc1C. The molecule has 0 amide bonds. The molecule has 1 unspecified atom stereocenters. The molecule has 110 valence electrons. The number of nitrogens with one attached hydrogen (secondary N) is 1. The van der Waals surface area contributed by atoms with E-state index in [2.05, 4.69) is 5.32 Å². The summed E-state index contributed by atoms with van der Waals surface area (Å²) in [6, 6.07) is 11.2. The molecule has 5 heteroatoms. The summed E-state index contributed by atoms with van der Waals surface area (Å²) in [5.74, 6) is -0.281. The van der Waals surface area contributed by atoms with Gasteiger partial charge in [-0.1, -0.05) is 24.3 Å². The molecular formula is C16H17FN2O2. The van der Waals surface area contributed by atoms with Crippen LogP contribution in [0, 0.1) is 22.9 Å². The third-order valence-corrected chi connectivity index (χ3v) is 3.57. The molecule has 0 saturated heterocycles. The zero-order valence-electron chi connectivity index (χ0n) is 12.0. The Labute approximate surface area is 122 Å². The van der Waals surface area contributed by atoms with Gasteiger partial charge in [0.15, 0.2) is 0 Å². The molecule has 0 aliphatic carbocycles. The van der Waals surface area contributed by atoms with Crippen molar-refractivity contribution in [3.63, 3.8) is 0 Å². The summed E-state index contributed by atoms with van der Waals surface area (Å²) in [4.78, 5) is 10.7. The van der Waals surface area contributed by atoms with E-state index in [-0.39, 0.29) is 22.5 Å². The molecule has 2 aromatic rings. The Kier molecular flexibility index (Phi) is 4.65. The van der Waals surface area contributed by atoms with Gasteiger partial charge >= 0.3 is 0 Å². The van der Waals surface area contributed by atoms with Crippen LogP contribution in [0.1, 0.15) is 22.7 Å². The smallest absolute Gasteiger partial charge is 0.272 e. The van der Waals surface area contributed by atoms with Crippen LogP contribution in [0.5, 0.6) is 0 Å². The number of nitro groups is 1. The summed E-state index contributed by atoms with van der Waals surface area (Å²) in [5, 5.41) is 14.2. The first-order chi connectivity index (χ1) is 10.0. The summed E-state index contributed by atoms with van der Waals surface area (Å²) < 4.78 is 13.2. The maximum Gasteiger partial charge on any atom is 0.272 e. The first kappa shape index (κ1) is 15.1. The highest BCUT2D eigenvalue weighted by Gasteiger charge is 2.19. The molecule has 0 heterocycles. The number of rotatable bonds is 5. The molecule has 0 fully saturated rings. The molecule has 0 bridgehead atoms. The molecule has 21 heavy (non-hydrogen) atoms. The lowest BCUT2D eigenvalue weighted by Crippen LogP contribution is -2.20. The quantitative estimate of drug-likeness (QED) is 0.676. The van der Waals surface area contributed by atoms with Crippen molar-refractivity contribution in [1.82, 2.24) is 5.32 Å². The second-order valence-corrected chi connectivity index (χ2v) is 4.93. The minimum atomic E-state index is -0.375. The molecule has 2 rings (SSSR count). The normalized spacial score (nSPS) is 12.1. The number of halogens is 1. The van der Waals surface area contributed by atoms with Gasteiger partial charge in [0.25, 0.3) is 5.69 Å². The van der Waals surface area contributed by atoms with Gasteiger partial charge in [0.2, 0.25) is 0 Å². The van der Waals surface area contributed by atoms with E-state index >= 15 is 0 Å². The fraction of sp³-hybridized carbons (Fsp3) is 0.250. The molecular weight excluding hydrogens is 271 g/mol. The van der Waals surface area contributed by atoms with Gasteiger partial charge in [0.05, 0.1) is 4.92 Å². The largest absolute Gasteiger partial charge is 0.313 e. The highest BCUT2D eigenvalue weighted by atomic mass is 19.1. The lowest BCUT2D eigenvalue weighted by Gasteiger charge is -2.19. The standard InChI is InChI=1S/C16H17FN2O2/c1-11-9-13(17)7-8-14(11)15(18-2)10-12-5-3-4-6-16(12)19(20)21/h3-9,15,18H,10H2,1-2H3. The van der Waals surface area contributed by atoms with Crippen molar-refractivity contribution in [2.45, 2.75) is 19.4 Å². The Bertz CT molecular complexity index is 658. The Hall–Kier alpha value is -2.27. The lowest BCUT2D eigenvalue weighted by atomic mass is 9.94. The van der Waals surface area contributed by atoms with Crippen LogP contribution in [0.2, 0.25) is 0 Å². The van der Waals surface area contributed by atoms with Crippen LogP contribution < -0.4 is 5.32 Å². The number of nitro benzene ring substituents is 1. The maximum absolute atomic E-state index is 13.2. The van der Waals surface area contributed by atoms with E-state index < -0.39 is 0 Å². The first-order valence-electron chi connectivity index (χ1n) is 6.68. The van der Waals surface area contributed by atoms with Crippen molar-refractivity contribution >= 4 is 5.69 Å². The average Bonchev–Trinajstić information content (AvgIpc) is 2.45. The van der Waals surface area contributed by atoms with Gasteiger partial charge in [-0.05, 0) is 43.7 Å². The van der Waals surface area contributed by atoms with Gasteiger partial charge in [0.1, 0.15) is 5.82 Å². The summed E-state index contributed by atoms with van der Waals surface area (Å²) >= 11 is 0. The summed E-state index contributed by atoms with van der Waals surface area (Å²) in [7, 11) is 1.79. The fourth-order valence-electron chi connectivity index (χ4n) is 2.48. The highest BCUT2D eigenvalue weighted by molar-refractivity contribution is 5.41. The number of hydrogen-bond acceptors (Lipinski definition) is 3. The van der Waals surface area contributed by atoms with Gasteiger partial charge in [-0.2, -0.15) is 0 Å². The van der Waals surface area contributed by atoms with Crippen LogP contribution in [0.3, 0.4) is 0 Å². The molecule has 0 spiro atoms. The van der Waals surface area contributed by atoms with Crippen LogP contribution >= 0.6 is 0 Å². The number of aryl methyl sites for hydroxylation is 1. The molecule has 2 aromatic carbocycles. The van der Waals surface area contributed by atoms with E-state index in [9.17, 15) is 14.5 Å². The number of likely N-dealkylation sites (N-methyl/N-ethyl adjacent to an activating group) is 1. The monoisotopic (exact) mass is 288 g/mol. The second-order valence-electron chi connectivity index (χ2n) is 4.93. The zero-order valence-corrected chi connectivity index (χ0v) is 12.0. The summed E-state index contributed by atoms with van der Waals surface area (Å²) in [6.45, 7) is 1.84. The van der Waals surface area contributed by atoms with E-state index in [0.717, 1.165) is 11.1 Å². The molecule has 0 saturated carbocycles. The Morgan fingerprint density at radius 1 is 1.29 bits per heavy atom. The topological polar surface area (TPSA) is 55.2 Å². The molecule has 0 aliphatic heterocycles. The summed E-state index contributed by atoms with van der Waals surface area (Å²) in [5.41, 5.74) is 2.54. The highest BCUT2D eigenvalue weighted by Crippen LogP contribution is 2.26. The minimum Gasteiger partial charge on any atom is -0.313 e. The third kappa shape index (κ3) is 3.44. The van der Waals surface area contributed by atoms with Crippen molar-refractivity contribution in [3.05, 3.63) is 75.1 Å². The number of hydrogen-bond donors (Lipinski definition) is 1. The molecule has 0 aromatic heterocycles. The number of nitrogens with zero attached hydrogens (tertiary/aromatic N) is 1. The molecule has 1 atom stereocenters. The van der Waals surface area contributed by atoms with E-state index in [0.29, 0.717) is 12.0 Å². The van der Waals surface area contributed by atoms with Crippen LogP contribution in [0.25, 0.3) is 0 Å². The van der Waals surface area contributed by atoms with Crippen LogP contribution in [0.15, 0.2) is 42.5 Å². The maximum atomic E-state index is 13.2. The second kappa shape index (κ2) is 6.45. The first-order valence-corrected chi connectivity index (χ1v) is 6.68. The minimum absolute atomic E-state index is 0.105. The van der Waals surface area contributed by atoms with Gasteiger partial charge in [-0.25, -0.2) is 4.39 Å². The Morgan fingerprint density at radius 2 is 2.00 bits per heavy atom. The van der Waals surface area contributed by atoms with Crippen molar-refractivity contribution in [1.29, 1.82) is 0 Å². The number of benzene rings is 2. The van der Waals surface area contributed by atoms with Gasteiger partial charge in [-0.15, -0.1) is 0 Å². The zero-order chi connectivity index (χ0) is 15.4. The average molecular weight is 288 g/mol. The number of para-hydroxylation sites is 1. The van der Waals surface area contributed by atoms with E-state index in [1.54, 1.807) is 31.3 Å². The van der Waals surface area contributed by atoms with E-state index in [1.807, 2.05) is 6.92 Å². The molecule has 4 nitrogen and oxygen atoms in total. The van der Waals surface area contributed by atoms with Gasteiger partial charge in [0, 0.05) is 17.7 Å². The van der Waals surface area contributed by atoms with E-state index in [1.165, 1.54) is 18.2 Å². The van der Waals surface area contributed by atoms with E-state index in [4.69, 9.17) is 0 Å². The van der Waals surface area contributed by atoms with Crippen molar-refractivity contribution in [2.75, 3.05) is 7.05 Å². The van der Waals surface area contributed by atoms with Crippen molar-refractivity contribution in [3.8, 4) is 0 Å². The Balaban J connectivity index is 2.34. The predicted molar refractivity (Wildman–Crippen MR) is 79.7 cm³/mol. The lowest BCUT2D eigenvalue weighted by molar-refractivity contribution is -0.385. The predicted octanol–water partition coefficient (Wildman–Crippen LogP) is 3.55. The van der Waals surface area contributed by atoms with Crippen LogP contribution in [0.4, 0.5) is 10.1 Å². The molecule has 1 N–H and O–H groups in total. The summed E-state index contributed by atoms with van der Waals surface area (Å²) in [6.07, 6.45) is 0.472. The fourth-order valence-corrected chi connectivity index (χ4v) is 2.48. The van der Waals surface area contributed by atoms with Crippen LogP contribution in [-0.4, -0.2) is 12.0 Å². The molecule has 0 radical (unpaired) electrons. The third-order valence-electron chi connectivity index (χ3n) is 3.57. The van der Waals surface area contributed by atoms with Crippen molar-refractivity contribution in [2.24, 2.45) is 0 Å². The van der Waals surface area contributed by atoms with Gasteiger partial charge in [-0.3, -0.25) is 10.1 Å². The van der Waals surface area contributed by atoms with Gasteiger partial charge < -0.3 is 5.32 Å².